The molecule has 4 heteroatoms. The SMILES string of the molecule is CCN=[S@](=O)(CC1(O)CCCCCC1)c1ccccc1. The van der Waals surface area contributed by atoms with E-state index in [0.29, 0.717) is 6.54 Å². The monoisotopic (exact) mass is 295 g/mol. The largest absolute Gasteiger partial charge is 0.389 e. The zero-order valence-corrected chi connectivity index (χ0v) is 13.1. The maximum atomic E-state index is 13.2. The summed E-state index contributed by atoms with van der Waals surface area (Å²) in [6, 6.07) is 9.41. The second-order valence-electron chi connectivity index (χ2n) is 5.68. The van der Waals surface area contributed by atoms with Gasteiger partial charge < -0.3 is 5.11 Å². The smallest absolute Gasteiger partial charge is 0.0780 e. The minimum atomic E-state index is -2.52. The third kappa shape index (κ3) is 3.83. The Hall–Kier alpha value is -0.870. The molecule has 0 heterocycles. The van der Waals surface area contributed by atoms with E-state index >= 15 is 0 Å². The molecule has 0 saturated heterocycles. The third-order valence-electron chi connectivity index (χ3n) is 3.95. The highest BCUT2D eigenvalue weighted by molar-refractivity contribution is 7.93. The molecule has 1 aliphatic carbocycles. The van der Waals surface area contributed by atoms with Gasteiger partial charge in [0.25, 0.3) is 0 Å². The van der Waals surface area contributed by atoms with Crippen LogP contribution in [0.4, 0.5) is 0 Å². The molecule has 0 radical (unpaired) electrons. The van der Waals surface area contributed by atoms with Gasteiger partial charge in [-0.25, -0.2) is 8.57 Å². The Labute approximate surface area is 122 Å². The standard InChI is InChI=1S/C16H25NO2S/c1-2-17-20(19,15-10-6-5-7-11-15)14-16(18)12-8-3-4-9-13-16/h5-7,10-11,18H,2-4,8-9,12-14H2,1H3/t20-/m0/s1. The molecule has 3 nitrogen and oxygen atoms in total. The van der Waals surface area contributed by atoms with Gasteiger partial charge in [0.2, 0.25) is 0 Å². The number of rotatable bonds is 4. The molecule has 112 valence electrons. The average molecular weight is 295 g/mol. The molecule has 0 amide bonds. The van der Waals surface area contributed by atoms with E-state index in [4.69, 9.17) is 0 Å². The van der Waals surface area contributed by atoms with Crippen molar-refractivity contribution in [2.24, 2.45) is 4.36 Å². The van der Waals surface area contributed by atoms with Crippen LogP contribution in [0.5, 0.6) is 0 Å². The van der Waals surface area contributed by atoms with Crippen molar-refractivity contribution in [2.45, 2.75) is 55.9 Å². The van der Waals surface area contributed by atoms with Gasteiger partial charge in [-0.3, -0.25) is 0 Å². The number of nitrogens with zero attached hydrogens (tertiary/aromatic N) is 1. The summed E-state index contributed by atoms with van der Waals surface area (Å²) in [4.78, 5) is 0.750. The Balaban J connectivity index is 2.30. The molecule has 0 unspecified atom stereocenters. The molecule has 1 N–H and O–H groups in total. The van der Waals surface area contributed by atoms with E-state index < -0.39 is 15.3 Å². The quantitative estimate of drug-likeness (QED) is 0.863. The Bertz CT molecular complexity index is 525. The lowest BCUT2D eigenvalue weighted by atomic mass is 9.97. The van der Waals surface area contributed by atoms with Crippen LogP contribution in [0, 0.1) is 0 Å². The molecule has 1 fully saturated rings. The molecule has 1 atom stereocenters. The van der Waals surface area contributed by atoms with Crippen molar-refractivity contribution < 1.29 is 9.32 Å². The first-order chi connectivity index (χ1) is 9.58. The third-order valence-corrected chi connectivity index (χ3v) is 6.56. The van der Waals surface area contributed by atoms with E-state index in [1.54, 1.807) is 0 Å². The van der Waals surface area contributed by atoms with Crippen LogP contribution in [0.25, 0.3) is 0 Å². The highest BCUT2D eigenvalue weighted by Gasteiger charge is 2.33. The highest BCUT2D eigenvalue weighted by Crippen LogP contribution is 2.31. The van der Waals surface area contributed by atoms with Crippen LogP contribution in [0.2, 0.25) is 0 Å². The minimum absolute atomic E-state index is 0.276. The summed E-state index contributed by atoms with van der Waals surface area (Å²) in [6.07, 6.45) is 5.87. The van der Waals surface area contributed by atoms with E-state index in [-0.39, 0.29) is 5.75 Å². The van der Waals surface area contributed by atoms with Gasteiger partial charge in [-0.05, 0) is 31.9 Å². The average Bonchev–Trinajstić information content (AvgIpc) is 2.64. The number of hydrogen-bond acceptors (Lipinski definition) is 3. The topological polar surface area (TPSA) is 49.7 Å². The first-order valence-corrected chi connectivity index (χ1v) is 9.24. The Morgan fingerprint density at radius 2 is 1.75 bits per heavy atom. The number of aliphatic hydroxyl groups is 1. The summed E-state index contributed by atoms with van der Waals surface area (Å²) in [6.45, 7) is 2.42. The van der Waals surface area contributed by atoms with E-state index in [2.05, 4.69) is 4.36 Å². The van der Waals surface area contributed by atoms with Gasteiger partial charge in [-0.15, -0.1) is 0 Å². The Kier molecular flexibility index (Phi) is 5.22. The predicted octanol–water partition coefficient (Wildman–Crippen LogP) is 3.62. The summed E-state index contributed by atoms with van der Waals surface area (Å²) in [5, 5.41) is 10.8. The molecule has 1 aromatic rings. The van der Waals surface area contributed by atoms with Crippen molar-refractivity contribution in [3.8, 4) is 0 Å². The molecule has 1 aliphatic rings. The fourth-order valence-corrected chi connectivity index (χ4v) is 5.36. The maximum Gasteiger partial charge on any atom is 0.0780 e. The summed E-state index contributed by atoms with van der Waals surface area (Å²) in [5.41, 5.74) is -0.817. The minimum Gasteiger partial charge on any atom is -0.389 e. The van der Waals surface area contributed by atoms with Gasteiger partial charge >= 0.3 is 0 Å². The van der Waals surface area contributed by atoms with Crippen molar-refractivity contribution in [1.29, 1.82) is 0 Å². The molecule has 0 bridgehead atoms. The summed E-state index contributed by atoms with van der Waals surface area (Å²) < 4.78 is 17.6. The van der Waals surface area contributed by atoms with E-state index in [1.165, 1.54) is 12.8 Å². The van der Waals surface area contributed by atoms with Crippen molar-refractivity contribution in [1.82, 2.24) is 0 Å². The molecular weight excluding hydrogens is 270 g/mol. The normalized spacial score (nSPS) is 21.7. The van der Waals surface area contributed by atoms with Crippen LogP contribution in [0.3, 0.4) is 0 Å². The van der Waals surface area contributed by atoms with Crippen LogP contribution in [-0.2, 0) is 9.73 Å². The van der Waals surface area contributed by atoms with Crippen LogP contribution < -0.4 is 0 Å². The van der Waals surface area contributed by atoms with Crippen LogP contribution in [-0.4, -0.2) is 27.2 Å². The lowest BCUT2D eigenvalue weighted by molar-refractivity contribution is 0.0482. The molecule has 1 aromatic carbocycles. The van der Waals surface area contributed by atoms with Gasteiger partial charge in [0, 0.05) is 11.4 Å². The lowest BCUT2D eigenvalue weighted by Gasteiger charge is -2.28. The molecule has 20 heavy (non-hydrogen) atoms. The van der Waals surface area contributed by atoms with Crippen LogP contribution in [0.1, 0.15) is 45.4 Å². The number of hydrogen-bond donors (Lipinski definition) is 1. The van der Waals surface area contributed by atoms with Crippen LogP contribution in [0.15, 0.2) is 39.6 Å². The molecular formula is C16H25NO2S. The first kappa shape index (κ1) is 15.5. The van der Waals surface area contributed by atoms with Crippen molar-refractivity contribution in [3.63, 3.8) is 0 Å². The van der Waals surface area contributed by atoms with E-state index in [1.807, 2.05) is 37.3 Å². The van der Waals surface area contributed by atoms with Gasteiger partial charge in [0.15, 0.2) is 0 Å². The van der Waals surface area contributed by atoms with Gasteiger partial charge in [0.05, 0.1) is 21.1 Å². The second-order valence-corrected chi connectivity index (χ2v) is 7.98. The summed E-state index contributed by atoms with van der Waals surface area (Å²) in [7, 11) is -2.52. The Morgan fingerprint density at radius 3 is 2.30 bits per heavy atom. The van der Waals surface area contributed by atoms with Crippen molar-refractivity contribution in [3.05, 3.63) is 30.3 Å². The Morgan fingerprint density at radius 1 is 1.15 bits per heavy atom. The predicted molar refractivity (Wildman–Crippen MR) is 83.3 cm³/mol. The van der Waals surface area contributed by atoms with E-state index in [0.717, 1.165) is 30.6 Å². The van der Waals surface area contributed by atoms with Gasteiger partial charge in [-0.2, -0.15) is 0 Å². The molecule has 0 aromatic heterocycles. The summed E-state index contributed by atoms with van der Waals surface area (Å²) >= 11 is 0. The lowest BCUT2D eigenvalue weighted by Crippen LogP contribution is -2.36. The number of benzene rings is 1. The molecule has 2 rings (SSSR count). The first-order valence-electron chi connectivity index (χ1n) is 7.56. The fraction of sp³-hybridized carbons (Fsp3) is 0.625. The van der Waals surface area contributed by atoms with Crippen molar-refractivity contribution >= 4 is 9.73 Å². The van der Waals surface area contributed by atoms with Gasteiger partial charge in [0.1, 0.15) is 0 Å². The zero-order valence-electron chi connectivity index (χ0n) is 12.3. The summed E-state index contributed by atoms with van der Waals surface area (Å²) in [5.74, 6) is 0.276. The van der Waals surface area contributed by atoms with E-state index in [9.17, 15) is 9.32 Å². The molecule has 0 aliphatic heterocycles. The highest BCUT2D eigenvalue weighted by atomic mass is 32.2. The maximum absolute atomic E-state index is 13.2. The fourth-order valence-electron chi connectivity index (χ4n) is 2.94. The molecule has 1 saturated carbocycles. The molecule has 0 spiro atoms. The second kappa shape index (κ2) is 6.72. The van der Waals surface area contributed by atoms with Crippen LogP contribution >= 0.6 is 0 Å². The van der Waals surface area contributed by atoms with Crippen molar-refractivity contribution in [2.75, 3.05) is 12.3 Å². The zero-order chi connectivity index (χ0) is 14.5. The van der Waals surface area contributed by atoms with Gasteiger partial charge in [-0.1, -0.05) is 43.9 Å².